The molecule has 24 heavy (non-hydrogen) atoms. The molecule has 0 aliphatic carbocycles. The monoisotopic (exact) mass is 456 g/mol. The lowest BCUT2D eigenvalue weighted by Crippen LogP contribution is -2.49. The Hall–Kier alpha value is -0.120. The van der Waals surface area contributed by atoms with Crippen molar-refractivity contribution < 1.29 is 9.47 Å². The van der Waals surface area contributed by atoms with Gasteiger partial charge in [0.15, 0.2) is 5.96 Å². The molecule has 0 spiro atoms. The number of hydrogen-bond acceptors (Lipinski definition) is 4. The smallest absolute Gasteiger partial charge is 0.191 e. The second-order valence-corrected chi connectivity index (χ2v) is 6.59. The van der Waals surface area contributed by atoms with E-state index >= 15 is 0 Å². The van der Waals surface area contributed by atoms with Crippen molar-refractivity contribution in [3.63, 3.8) is 0 Å². The number of rotatable bonds is 10. The molecule has 0 atom stereocenters. The number of methoxy groups -OCH3 is 1. The molecule has 0 amide bonds. The van der Waals surface area contributed by atoms with E-state index in [9.17, 15) is 0 Å². The number of nitrogens with one attached hydrogen (secondary N) is 2. The van der Waals surface area contributed by atoms with Gasteiger partial charge in [-0.1, -0.05) is 6.42 Å². The first kappa shape index (κ1) is 23.9. The van der Waals surface area contributed by atoms with Crippen LogP contribution in [0.5, 0.6) is 0 Å². The molecule has 0 aromatic heterocycles. The van der Waals surface area contributed by atoms with Gasteiger partial charge in [-0.3, -0.25) is 9.89 Å². The van der Waals surface area contributed by atoms with Crippen molar-refractivity contribution in [2.75, 3.05) is 59.7 Å². The van der Waals surface area contributed by atoms with Gasteiger partial charge in [-0.25, -0.2) is 0 Å². The van der Waals surface area contributed by atoms with Gasteiger partial charge >= 0.3 is 0 Å². The van der Waals surface area contributed by atoms with Crippen LogP contribution in [0.4, 0.5) is 0 Å². The molecule has 0 saturated carbocycles. The maximum Gasteiger partial charge on any atom is 0.191 e. The van der Waals surface area contributed by atoms with Crippen LogP contribution in [0.1, 0.15) is 40.0 Å². The maximum absolute atomic E-state index is 5.46. The van der Waals surface area contributed by atoms with E-state index in [-0.39, 0.29) is 29.5 Å². The Labute approximate surface area is 165 Å². The minimum Gasteiger partial charge on any atom is -0.382 e. The normalized spacial score (nSPS) is 16.6. The Morgan fingerprint density at radius 3 is 2.42 bits per heavy atom. The molecular weight excluding hydrogens is 419 g/mol. The molecule has 1 saturated heterocycles. The number of piperidine rings is 1. The zero-order valence-electron chi connectivity index (χ0n) is 15.9. The molecule has 0 radical (unpaired) electrons. The van der Waals surface area contributed by atoms with E-state index in [1.807, 2.05) is 0 Å². The summed E-state index contributed by atoms with van der Waals surface area (Å²) in [5.74, 6) is 0.868. The van der Waals surface area contributed by atoms with E-state index in [1.165, 1.54) is 32.4 Å². The minimum absolute atomic E-state index is 0. The van der Waals surface area contributed by atoms with Gasteiger partial charge in [0, 0.05) is 25.7 Å². The first-order chi connectivity index (χ1) is 11.1. The Morgan fingerprint density at radius 2 is 1.79 bits per heavy atom. The summed E-state index contributed by atoms with van der Waals surface area (Å²) in [6, 6.07) is 0. The fourth-order valence-electron chi connectivity index (χ4n) is 2.70. The highest BCUT2D eigenvalue weighted by Gasteiger charge is 2.27. The molecule has 2 N–H and O–H groups in total. The van der Waals surface area contributed by atoms with Gasteiger partial charge < -0.3 is 20.1 Å². The molecule has 144 valence electrons. The summed E-state index contributed by atoms with van der Waals surface area (Å²) >= 11 is 0. The van der Waals surface area contributed by atoms with Crippen molar-refractivity contribution in [3.8, 4) is 0 Å². The topological polar surface area (TPSA) is 58.1 Å². The van der Waals surface area contributed by atoms with E-state index in [2.05, 4.69) is 36.3 Å². The van der Waals surface area contributed by atoms with E-state index in [0.717, 1.165) is 25.6 Å². The third kappa shape index (κ3) is 10.0. The van der Waals surface area contributed by atoms with Crippen molar-refractivity contribution in [2.24, 2.45) is 4.99 Å². The second kappa shape index (κ2) is 14.1. The predicted molar refractivity (Wildman–Crippen MR) is 112 cm³/mol. The van der Waals surface area contributed by atoms with Crippen molar-refractivity contribution in [3.05, 3.63) is 0 Å². The first-order valence-corrected chi connectivity index (χ1v) is 8.94. The quantitative estimate of drug-likeness (QED) is 0.228. The van der Waals surface area contributed by atoms with Gasteiger partial charge in [0.1, 0.15) is 0 Å². The number of likely N-dealkylation sites (tertiary alicyclic amines) is 1. The van der Waals surface area contributed by atoms with Crippen LogP contribution < -0.4 is 10.6 Å². The standard InChI is InChI=1S/C17H36N4O2.HI/c1-5-18-16(19-9-12-23-14-13-22-4)20-15-17(2,3)21-10-7-6-8-11-21;/h5-15H2,1-4H3,(H2,18,19,20);1H. The van der Waals surface area contributed by atoms with Crippen molar-refractivity contribution in [2.45, 2.75) is 45.6 Å². The Balaban J connectivity index is 0.00000529. The summed E-state index contributed by atoms with van der Waals surface area (Å²) in [5, 5.41) is 6.63. The zero-order chi connectivity index (χ0) is 17.0. The number of hydrogen-bond donors (Lipinski definition) is 2. The summed E-state index contributed by atoms with van der Waals surface area (Å²) in [7, 11) is 1.68. The van der Waals surface area contributed by atoms with Crippen LogP contribution in [-0.4, -0.2) is 76.1 Å². The van der Waals surface area contributed by atoms with E-state index in [0.29, 0.717) is 19.8 Å². The molecule has 1 rings (SSSR count). The summed E-state index contributed by atoms with van der Waals surface area (Å²) in [4.78, 5) is 7.33. The van der Waals surface area contributed by atoms with E-state index in [4.69, 9.17) is 14.5 Å². The van der Waals surface area contributed by atoms with Gasteiger partial charge in [0.2, 0.25) is 0 Å². The second-order valence-electron chi connectivity index (χ2n) is 6.59. The zero-order valence-corrected chi connectivity index (χ0v) is 18.2. The lowest BCUT2D eigenvalue weighted by Gasteiger charge is -2.40. The number of guanidine groups is 1. The number of aliphatic imine (C=N–C) groups is 1. The summed E-state index contributed by atoms with van der Waals surface area (Å²) in [5.41, 5.74) is 0.109. The van der Waals surface area contributed by atoms with Crippen molar-refractivity contribution >= 4 is 29.9 Å². The summed E-state index contributed by atoms with van der Waals surface area (Å²) in [6.45, 7) is 13.4. The van der Waals surface area contributed by atoms with Gasteiger partial charge in [0.05, 0.1) is 26.4 Å². The lowest BCUT2D eigenvalue weighted by atomic mass is 9.99. The number of halogens is 1. The molecule has 7 heteroatoms. The van der Waals surface area contributed by atoms with Gasteiger partial charge in [-0.05, 0) is 46.7 Å². The van der Waals surface area contributed by atoms with Crippen molar-refractivity contribution in [1.29, 1.82) is 0 Å². The largest absolute Gasteiger partial charge is 0.382 e. The van der Waals surface area contributed by atoms with Crippen LogP contribution in [0.2, 0.25) is 0 Å². The van der Waals surface area contributed by atoms with Crippen LogP contribution in [-0.2, 0) is 9.47 Å². The van der Waals surface area contributed by atoms with Crippen molar-refractivity contribution in [1.82, 2.24) is 15.5 Å². The van der Waals surface area contributed by atoms with Crippen LogP contribution >= 0.6 is 24.0 Å². The van der Waals surface area contributed by atoms with Crippen LogP contribution in [0.3, 0.4) is 0 Å². The van der Waals surface area contributed by atoms with E-state index in [1.54, 1.807) is 7.11 Å². The number of nitrogens with zero attached hydrogens (tertiary/aromatic N) is 2. The Morgan fingerprint density at radius 1 is 1.08 bits per heavy atom. The third-order valence-electron chi connectivity index (χ3n) is 4.15. The van der Waals surface area contributed by atoms with Crippen LogP contribution in [0.15, 0.2) is 4.99 Å². The molecule has 1 heterocycles. The van der Waals surface area contributed by atoms with Crippen LogP contribution in [0.25, 0.3) is 0 Å². The predicted octanol–water partition coefficient (Wildman–Crippen LogP) is 2.09. The SMILES string of the molecule is CCNC(=NCC(C)(C)N1CCCCC1)NCCOCCOC.I. The molecule has 0 aromatic rings. The molecule has 0 unspecified atom stereocenters. The van der Waals surface area contributed by atoms with E-state index < -0.39 is 0 Å². The highest BCUT2D eigenvalue weighted by atomic mass is 127. The summed E-state index contributed by atoms with van der Waals surface area (Å²) in [6.07, 6.45) is 3.98. The molecular formula is C17H37IN4O2. The molecule has 0 aromatic carbocycles. The third-order valence-corrected chi connectivity index (χ3v) is 4.15. The summed E-state index contributed by atoms with van der Waals surface area (Å²) < 4.78 is 10.4. The fourth-order valence-corrected chi connectivity index (χ4v) is 2.70. The molecule has 1 aliphatic rings. The first-order valence-electron chi connectivity index (χ1n) is 8.94. The average Bonchev–Trinajstić information content (AvgIpc) is 2.56. The minimum atomic E-state index is 0. The van der Waals surface area contributed by atoms with Gasteiger partial charge in [0.25, 0.3) is 0 Å². The Bertz CT molecular complexity index is 335. The lowest BCUT2D eigenvalue weighted by molar-refractivity contribution is 0.0733. The highest BCUT2D eigenvalue weighted by molar-refractivity contribution is 14.0. The molecule has 1 aliphatic heterocycles. The van der Waals surface area contributed by atoms with Gasteiger partial charge in [-0.15, -0.1) is 24.0 Å². The van der Waals surface area contributed by atoms with Crippen LogP contribution in [0, 0.1) is 0 Å². The average molecular weight is 456 g/mol. The van der Waals surface area contributed by atoms with Gasteiger partial charge in [-0.2, -0.15) is 0 Å². The number of ether oxygens (including phenoxy) is 2. The Kier molecular flexibility index (Phi) is 14.0. The maximum atomic E-state index is 5.46. The molecule has 6 nitrogen and oxygen atoms in total. The highest BCUT2D eigenvalue weighted by Crippen LogP contribution is 2.20. The fraction of sp³-hybridized carbons (Fsp3) is 0.941. The molecule has 0 bridgehead atoms. The molecule has 1 fully saturated rings.